The van der Waals surface area contributed by atoms with Gasteiger partial charge in [0, 0.05) is 33.4 Å². The van der Waals surface area contributed by atoms with Crippen molar-refractivity contribution in [2.45, 2.75) is 5.41 Å². The molecule has 69 heavy (non-hydrogen) atoms. The number of hydrogen-bond acceptors (Lipinski definition) is 1. The molecule has 322 valence electrons. The average molecular weight is 913 g/mol. The molecule has 0 N–H and O–H groups in total. The highest BCUT2D eigenvalue weighted by atomic mass is 15.1. The van der Waals surface area contributed by atoms with E-state index in [0.717, 1.165) is 58.0 Å². The predicted molar refractivity (Wildman–Crippen MR) is 288 cm³/mol. The monoisotopic (exact) mass is 913 g/mol. The maximum atomic E-state index is 10.4. The molecule has 0 amide bonds. The number of fused-ring (bicyclic) bond motifs is 13. The molecule has 2 heteroatoms. The van der Waals surface area contributed by atoms with Crippen molar-refractivity contribution in [2.24, 2.45) is 0 Å². The predicted octanol–water partition coefficient (Wildman–Crippen LogP) is 17.6. The third-order valence-electron chi connectivity index (χ3n) is 12.2. The van der Waals surface area contributed by atoms with Crippen LogP contribution in [0.2, 0.25) is 0 Å². The van der Waals surface area contributed by atoms with Crippen molar-refractivity contribution < 1.29 is 49.3 Å². The fourth-order valence-electron chi connectivity index (χ4n) is 9.48. The Morgan fingerprint density at radius 2 is 0.957 bits per heavy atom. The molecule has 1 spiro atoms. The van der Waals surface area contributed by atoms with Crippen LogP contribution in [-0.4, -0.2) is 4.57 Å². The zero-order valence-corrected chi connectivity index (χ0v) is 35.0. The van der Waals surface area contributed by atoms with Gasteiger partial charge in [-0.2, -0.15) is 0 Å². The number of aromatic nitrogens is 1. The van der Waals surface area contributed by atoms with Crippen molar-refractivity contribution in [3.05, 3.63) is 288 Å². The standard InChI is InChI=1S/C67H44N2/c1-4-19-45(20-5-1)48-41-49(46-21-6-2-7-22-46)43-50(42-48)47-35-37-52(38-36-47)68(53-39-40-57-56-27-13-17-33-63(56)69(65(57)44-53)51-23-8-3-9-24-51)64-34-18-32-62-66(64)58-28-12-16-31-61(58)67(62)59-29-14-10-25-54(59)55-26-11-15-30-60(55)67/h1-44H/i1D,2D,3D,4D,5D,6D,7D,8D,9D,10D,11D,12D,13D,14D,15D,16D,17D,18D,19D,20D,21D,22D,23D,25D,26D,27D,29D,32D,33D,34D,35D,37D,39D,40D,42D,43D. The molecule has 1 aromatic heterocycles. The SMILES string of the molecule is [2H]c1cc2c(cc1[2H])C1(c3cc([2H])c([2H])c([2H])c3-c3c([2H])c([2H])c([2H])c([2H])c31)c1c([2H])c([2H])c([2H])c(N(c3ccc(-c4c([2H])c(-c5c([2H])c([2H])c([2H])c([2H])c5[2H])cc(-c5c([2H])c([2H])c([2H])c([2H])c5[2H])c4[2H])c([2H])c3[2H])c3cc4c(c([2H])c3[2H])c3c([2H])c([2H])c([2H])c([2H])c3n4-c3cc([2H])c([2H])c([2H])c3[2H])c1-2. The van der Waals surface area contributed by atoms with Crippen LogP contribution < -0.4 is 4.90 Å². The lowest BCUT2D eigenvalue weighted by molar-refractivity contribution is 0.794. The third-order valence-corrected chi connectivity index (χ3v) is 12.2. The first-order valence-corrected chi connectivity index (χ1v) is 21.0. The molecule has 12 aromatic rings. The van der Waals surface area contributed by atoms with Crippen molar-refractivity contribution in [2.75, 3.05) is 4.90 Å². The fraction of sp³-hybridized carbons (Fsp3) is 0.0149. The molecule has 0 aliphatic heterocycles. The minimum absolute atomic E-state index is 0.244. The van der Waals surface area contributed by atoms with E-state index in [1.165, 1.54) is 0 Å². The van der Waals surface area contributed by atoms with Gasteiger partial charge in [-0.05, 0) is 139 Å². The molecule has 2 nitrogen and oxygen atoms in total. The highest BCUT2D eigenvalue weighted by Crippen LogP contribution is 2.64. The van der Waals surface area contributed by atoms with Crippen LogP contribution in [-0.2, 0) is 5.41 Å². The van der Waals surface area contributed by atoms with Gasteiger partial charge in [-0.3, -0.25) is 0 Å². The fourth-order valence-corrected chi connectivity index (χ4v) is 9.48. The number of benzene rings is 11. The average Bonchev–Trinajstić information content (AvgIpc) is 1.48. The van der Waals surface area contributed by atoms with Crippen LogP contribution in [0.25, 0.3) is 83.1 Å². The van der Waals surface area contributed by atoms with Crippen LogP contribution in [0.3, 0.4) is 0 Å². The van der Waals surface area contributed by atoms with Gasteiger partial charge in [-0.1, -0.05) is 199 Å². The summed E-state index contributed by atoms with van der Waals surface area (Å²) in [6, 6.07) is -23.1. The van der Waals surface area contributed by atoms with Crippen molar-refractivity contribution >= 4 is 38.9 Å². The second-order valence-corrected chi connectivity index (χ2v) is 15.7. The van der Waals surface area contributed by atoms with E-state index in [0.29, 0.717) is 0 Å². The van der Waals surface area contributed by atoms with E-state index in [1.54, 1.807) is 0 Å². The van der Waals surface area contributed by atoms with Crippen LogP contribution in [0.5, 0.6) is 0 Å². The zero-order chi connectivity index (χ0) is 76.8. The number of nitrogens with zero attached hydrogens (tertiary/aromatic N) is 2. The van der Waals surface area contributed by atoms with Crippen molar-refractivity contribution in [3.63, 3.8) is 0 Å². The van der Waals surface area contributed by atoms with Gasteiger partial charge in [0.05, 0.1) is 71.5 Å². The first-order valence-electron chi connectivity index (χ1n) is 39.0. The number of para-hydroxylation sites is 2. The lowest BCUT2D eigenvalue weighted by atomic mass is 9.70. The van der Waals surface area contributed by atoms with Crippen molar-refractivity contribution in [1.29, 1.82) is 0 Å². The largest absolute Gasteiger partial charge is 0.310 e. The molecule has 0 bridgehead atoms. The van der Waals surface area contributed by atoms with Gasteiger partial charge in [0.2, 0.25) is 0 Å². The van der Waals surface area contributed by atoms with Crippen molar-refractivity contribution in [1.82, 2.24) is 4.57 Å². The lowest BCUT2D eigenvalue weighted by Gasteiger charge is -2.32. The van der Waals surface area contributed by atoms with E-state index < -0.39 is 323 Å². The maximum absolute atomic E-state index is 10.4. The molecule has 0 fully saturated rings. The van der Waals surface area contributed by atoms with Gasteiger partial charge >= 0.3 is 0 Å². The minimum Gasteiger partial charge on any atom is -0.310 e. The summed E-state index contributed by atoms with van der Waals surface area (Å²) in [5, 5.41) is -0.934. The smallest absolute Gasteiger partial charge is 0.0726 e. The van der Waals surface area contributed by atoms with E-state index >= 15 is 0 Å². The number of hydrogen-bond donors (Lipinski definition) is 0. The normalized spacial score (nSPS) is 21.4. The van der Waals surface area contributed by atoms with Crippen molar-refractivity contribution in [3.8, 4) is 61.3 Å². The van der Waals surface area contributed by atoms with E-state index in [-0.39, 0.29) is 22.3 Å². The Bertz CT molecular complexity index is 5990. The van der Waals surface area contributed by atoms with Crippen LogP contribution in [0.15, 0.2) is 266 Å². The van der Waals surface area contributed by atoms with Crippen LogP contribution in [0.4, 0.5) is 17.1 Å². The summed E-state index contributed by atoms with van der Waals surface area (Å²) in [7, 11) is 0. The molecule has 2 aliphatic rings. The van der Waals surface area contributed by atoms with E-state index in [1.807, 2.05) is 0 Å². The Hall–Kier alpha value is -8.98. The quantitative estimate of drug-likeness (QED) is 0.155. The lowest BCUT2D eigenvalue weighted by Crippen LogP contribution is -2.26. The third kappa shape index (κ3) is 5.92. The van der Waals surface area contributed by atoms with Gasteiger partial charge in [-0.25, -0.2) is 0 Å². The van der Waals surface area contributed by atoms with Gasteiger partial charge in [-0.15, -0.1) is 0 Å². The van der Waals surface area contributed by atoms with E-state index in [2.05, 4.69) is 0 Å². The molecule has 11 aromatic carbocycles. The molecule has 2 aliphatic carbocycles. The molecule has 1 atom stereocenters. The van der Waals surface area contributed by atoms with Gasteiger partial charge in [0.25, 0.3) is 0 Å². The minimum atomic E-state index is -2.53. The van der Waals surface area contributed by atoms with Gasteiger partial charge in [0.15, 0.2) is 0 Å². The Balaban J connectivity index is 1.20. The summed E-state index contributed by atoms with van der Waals surface area (Å²) in [5.41, 5.74) is -13.3. The van der Waals surface area contributed by atoms with Crippen LogP contribution in [0.1, 0.15) is 71.6 Å². The molecule has 0 saturated carbocycles. The summed E-state index contributed by atoms with van der Waals surface area (Å²) in [4.78, 5) is 0.835. The number of anilines is 3. The topological polar surface area (TPSA) is 8.17 Å². The molecule has 14 rings (SSSR count). The van der Waals surface area contributed by atoms with Crippen LogP contribution in [0, 0.1) is 0 Å². The summed E-state index contributed by atoms with van der Waals surface area (Å²) in [6.07, 6.45) is 0. The Labute approximate surface area is 452 Å². The molecular weight excluding hydrogens is 833 g/mol. The van der Waals surface area contributed by atoms with Crippen LogP contribution >= 0.6 is 0 Å². The number of rotatable bonds is 7. The van der Waals surface area contributed by atoms with E-state index in [4.69, 9.17) is 26.0 Å². The highest BCUT2D eigenvalue weighted by molar-refractivity contribution is 6.11. The highest BCUT2D eigenvalue weighted by Gasteiger charge is 2.52. The summed E-state index contributed by atoms with van der Waals surface area (Å²) in [5.74, 6) is 0. The summed E-state index contributed by atoms with van der Waals surface area (Å²) < 4.78 is 334. The Morgan fingerprint density at radius 1 is 0.348 bits per heavy atom. The Morgan fingerprint density at radius 3 is 1.78 bits per heavy atom. The van der Waals surface area contributed by atoms with Gasteiger partial charge in [0.1, 0.15) is 0 Å². The molecule has 0 radical (unpaired) electrons. The van der Waals surface area contributed by atoms with Gasteiger partial charge < -0.3 is 9.47 Å². The summed E-state index contributed by atoms with van der Waals surface area (Å²) >= 11 is 0. The second kappa shape index (κ2) is 15.6. The zero-order valence-electron chi connectivity index (χ0n) is 71.0. The summed E-state index contributed by atoms with van der Waals surface area (Å²) in [6.45, 7) is 0. The maximum Gasteiger partial charge on any atom is 0.0726 e. The first-order chi connectivity index (χ1) is 49.2. The van der Waals surface area contributed by atoms with E-state index in [9.17, 15) is 23.3 Å². The molecule has 1 heterocycles. The molecular formula is C67H44N2. The second-order valence-electron chi connectivity index (χ2n) is 15.7. The molecule has 1 unspecified atom stereocenters. The molecule has 0 saturated heterocycles. The first kappa shape index (κ1) is 17.6. The Kier molecular flexibility index (Phi) is 3.97.